The molecule has 2 nitrogen and oxygen atoms in total. The molecule has 4 aliphatic carbocycles. The Bertz CT molecular complexity index is 629. The molecule has 0 aromatic heterocycles. The van der Waals surface area contributed by atoms with Crippen molar-refractivity contribution >= 4 is 22.7 Å². The third-order valence-corrected chi connectivity index (χ3v) is 9.12. The molecule has 0 N–H and O–H groups in total. The molecule has 0 aromatic rings. The maximum absolute atomic E-state index is 12.7. The van der Waals surface area contributed by atoms with Gasteiger partial charge in [0, 0.05) is 12.3 Å². The van der Waals surface area contributed by atoms with E-state index in [9.17, 15) is 14.0 Å². The zero-order valence-corrected chi connectivity index (χ0v) is 16.2. The first-order valence-corrected chi connectivity index (χ1v) is 10.8. The van der Waals surface area contributed by atoms with Gasteiger partial charge < -0.3 is 0 Å². The van der Waals surface area contributed by atoms with Gasteiger partial charge >= 0.3 is 0 Å². The molecule has 4 rings (SSSR count). The Balaban J connectivity index is 1.61. The molecule has 0 aliphatic heterocycles. The van der Waals surface area contributed by atoms with Crippen LogP contribution in [0.25, 0.3) is 0 Å². The number of halogens is 1. The summed E-state index contributed by atoms with van der Waals surface area (Å²) < 4.78 is 12.7. The van der Waals surface area contributed by atoms with Crippen LogP contribution >= 0.6 is 11.8 Å². The predicted octanol–water partition coefficient (Wildman–Crippen LogP) is 5.32. The second-order valence-corrected chi connectivity index (χ2v) is 10.1. The van der Waals surface area contributed by atoms with Crippen molar-refractivity contribution in [3.63, 3.8) is 0 Å². The molecule has 6 atom stereocenters. The Morgan fingerprint density at radius 1 is 1.16 bits per heavy atom. The molecule has 0 saturated heterocycles. The Kier molecular flexibility index (Phi) is 4.41. The lowest BCUT2D eigenvalue weighted by atomic mass is 9.47. The largest absolute Gasteiger partial charge is 0.295 e. The van der Waals surface area contributed by atoms with Crippen LogP contribution in [-0.2, 0) is 9.59 Å². The van der Waals surface area contributed by atoms with Gasteiger partial charge in [0.15, 0.2) is 10.9 Å². The molecule has 0 spiro atoms. The molecule has 138 valence electrons. The van der Waals surface area contributed by atoms with Gasteiger partial charge in [0.25, 0.3) is 0 Å². The summed E-state index contributed by atoms with van der Waals surface area (Å²) in [7, 11) is 0. The molecular weight excluding hydrogens is 335 g/mol. The molecule has 0 radical (unpaired) electrons. The fraction of sp³-hybridized carbons (Fsp3) is 0.810. The highest BCUT2D eigenvalue weighted by atomic mass is 32.2. The van der Waals surface area contributed by atoms with Crippen LogP contribution in [0.1, 0.15) is 65.2 Å². The smallest absolute Gasteiger partial charge is 0.195 e. The maximum atomic E-state index is 12.7. The maximum Gasteiger partial charge on any atom is 0.195 e. The zero-order chi connectivity index (χ0) is 17.8. The first-order chi connectivity index (χ1) is 11.9. The minimum atomic E-state index is -0.595. The second kappa shape index (κ2) is 6.21. The van der Waals surface area contributed by atoms with E-state index in [0.29, 0.717) is 30.0 Å². The average molecular weight is 365 g/mol. The fourth-order valence-corrected chi connectivity index (χ4v) is 7.80. The quantitative estimate of drug-likeness (QED) is 0.665. The molecule has 3 fully saturated rings. The third-order valence-electron chi connectivity index (χ3n) is 8.44. The molecule has 0 aromatic carbocycles. The summed E-state index contributed by atoms with van der Waals surface area (Å²) in [6, 6.07) is -0.595. The van der Waals surface area contributed by atoms with Crippen LogP contribution in [-0.4, -0.2) is 16.9 Å². The topological polar surface area (TPSA) is 34.1 Å². The summed E-state index contributed by atoms with van der Waals surface area (Å²) in [5.41, 5.74) is 1.64. The molecule has 25 heavy (non-hydrogen) atoms. The lowest BCUT2D eigenvalue weighted by Gasteiger charge is -2.58. The summed E-state index contributed by atoms with van der Waals surface area (Å²) in [5.74, 6) is 2.26. The number of thioether (sulfide) groups is 1. The van der Waals surface area contributed by atoms with E-state index in [0.717, 1.165) is 56.7 Å². The highest BCUT2D eigenvalue weighted by Crippen LogP contribution is 2.66. The Labute approximate surface area is 154 Å². The number of carbonyl (C=O) groups is 2. The summed E-state index contributed by atoms with van der Waals surface area (Å²) in [4.78, 5) is 24.4. The zero-order valence-electron chi connectivity index (χ0n) is 15.4. The highest BCUT2D eigenvalue weighted by molar-refractivity contribution is 8.13. The summed E-state index contributed by atoms with van der Waals surface area (Å²) >= 11 is 0.878. The molecule has 0 heterocycles. The van der Waals surface area contributed by atoms with Crippen molar-refractivity contribution in [1.82, 2.24) is 0 Å². The minimum Gasteiger partial charge on any atom is -0.295 e. The van der Waals surface area contributed by atoms with Crippen LogP contribution in [0.2, 0.25) is 0 Å². The van der Waals surface area contributed by atoms with Gasteiger partial charge in [0.2, 0.25) is 0 Å². The van der Waals surface area contributed by atoms with Gasteiger partial charge in [-0.05, 0) is 79.6 Å². The van der Waals surface area contributed by atoms with Crippen LogP contribution < -0.4 is 0 Å². The fourth-order valence-electron chi connectivity index (χ4n) is 7.10. The number of carbonyl (C=O) groups excluding carboxylic acids is 2. The lowest BCUT2D eigenvalue weighted by molar-refractivity contribution is -0.123. The predicted molar refractivity (Wildman–Crippen MR) is 98.8 cm³/mol. The first kappa shape index (κ1) is 17.8. The van der Waals surface area contributed by atoms with E-state index >= 15 is 0 Å². The third kappa shape index (κ3) is 2.57. The Hall–Kier alpha value is -0.640. The summed E-state index contributed by atoms with van der Waals surface area (Å²) in [6.07, 6.45) is 10.2. The van der Waals surface area contributed by atoms with Crippen LogP contribution in [0.15, 0.2) is 11.6 Å². The summed E-state index contributed by atoms with van der Waals surface area (Å²) in [5, 5.41) is 0.0804. The number of ketones is 1. The number of rotatable bonds is 2. The van der Waals surface area contributed by atoms with Gasteiger partial charge in [-0.25, -0.2) is 4.39 Å². The summed E-state index contributed by atoms with van der Waals surface area (Å²) in [6.45, 7) is 4.70. The van der Waals surface area contributed by atoms with Crippen LogP contribution in [0.5, 0.6) is 0 Å². The van der Waals surface area contributed by atoms with Crippen molar-refractivity contribution in [2.75, 3.05) is 6.01 Å². The highest BCUT2D eigenvalue weighted by Gasteiger charge is 2.60. The Morgan fingerprint density at radius 3 is 2.72 bits per heavy atom. The van der Waals surface area contributed by atoms with E-state index in [2.05, 4.69) is 13.8 Å². The van der Waals surface area contributed by atoms with Gasteiger partial charge in [0.05, 0.1) is 0 Å². The van der Waals surface area contributed by atoms with E-state index in [4.69, 9.17) is 0 Å². The number of allylic oxidation sites excluding steroid dienone is 1. The number of alkyl halides is 1. The van der Waals surface area contributed by atoms with E-state index < -0.39 is 6.01 Å². The second-order valence-electron chi connectivity index (χ2n) is 9.22. The minimum absolute atomic E-state index is 0.0388. The van der Waals surface area contributed by atoms with Gasteiger partial charge in [-0.15, -0.1) is 0 Å². The van der Waals surface area contributed by atoms with Gasteiger partial charge in [0.1, 0.15) is 6.01 Å². The van der Waals surface area contributed by atoms with Crippen molar-refractivity contribution < 1.29 is 14.0 Å². The SMILES string of the molecule is C[C@]12CC[C@H]3[C@@H](CCC4=CC(=O)CC[C@@]43C)[C@@H]1CC[C@@H]2C(=O)SCF. The molecule has 0 unspecified atom stereocenters. The normalized spacial score (nSPS) is 46.0. The molecule has 0 amide bonds. The average Bonchev–Trinajstić information content (AvgIpc) is 2.93. The molecule has 0 bridgehead atoms. The van der Waals surface area contributed by atoms with E-state index in [1.165, 1.54) is 5.57 Å². The van der Waals surface area contributed by atoms with Crippen molar-refractivity contribution in [2.24, 2.45) is 34.5 Å². The van der Waals surface area contributed by atoms with Crippen LogP contribution in [0, 0.1) is 34.5 Å². The van der Waals surface area contributed by atoms with Gasteiger partial charge in [-0.1, -0.05) is 31.2 Å². The molecule has 4 heteroatoms. The number of hydrogen-bond donors (Lipinski definition) is 0. The lowest BCUT2D eigenvalue weighted by Crippen LogP contribution is -2.51. The van der Waals surface area contributed by atoms with E-state index in [-0.39, 0.29) is 21.9 Å². The van der Waals surface area contributed by atoms with E-state index in [1.807, 2.05) is 6.08 Å². The molecule has 4 aliphatic rings. The number of fused-ring (bicyclic) bond motifs is 5. The monoisotopic (exact) mass is 364 g/mol. The van der Waals surface area contributed by atoms with Crippen LogP contribution in [0.4, 0.5) is 4.39 Å². The van der Waals surface area contributed by atoms with Gasteiger partial charge in [-0.3, -0.25) is 9.59 Å². The first-order valence-electron chi connectivity index (χ1n) is 9.86. The molecular formula is C21H29FO2S. The molecule has 3 saturated carbocycles. The van der Waals surface area contributed by atoms with Crippen molar-refractivity contribution in [3.05, 3.63) is 11.6 Å². The van der Waals surface area contributed by atoms with E-state index in [1.54, 1.807) is 0 Å². The van der Waals surface area contributed by atoms with Crippen molar-refractivity contribution in [2.45, 2.75) is 65.2 Å². The van der Waals surface area contributed by atoms with Crippen molar-refractivity contribution in [3.8, 4) is 0 Å². The van der Waals surface area contributed by atoms with Crippen LogP contribution in [0.3, 0.4) is 0 Å². The standard InChI is InChI=1S/C21H29FO2S/c1-20-9-7-14(23)11-13(20)3-4-15-16-5-6-18(19(24)25-12-22)21(16,2)10-8-17(15)20/h11,15-18H,3-10,12H2,1-2H3/t15-,16-,17-,18+,20-,21-/m0/s1. The Morgan fingerprint density at radius 2 is 1.96 bits per heavy atom. The number of hydrogen-bond acceptors (Lipinski definition) is 3. The van der Waals surface area contributed by atoms with Crippen molar-refractivity contribution in [1.29, 1.82) is 0 Å². The van der Waals surface area contributed by atoms with Gasteiger partial charge in [-0.2, -0.15) is 0 Å².